The van der Waals surface area contributed by atoms with Crippen molar-refractivity contribution in [2.75, 3.05) is 11.1 Å². The number of nitrogens with one attached hydrogen (secondary N) is 2. The molecule has 0 radical (unpaired) electrons. The van der Waals surface area contributed by atoms with Crippen LogP contribution in [-0.4, -0.2) is 23.4 Å². The normalized spacial score (nSPS) is 11.1. The first-order valence-corrected chi connectivity index (χ1v) is 13.9. The molecule has 1 aromatic heterocycles. The zero-order valence-electron chi connectivity index (χ0n) is 22.0. The highest BCUT2D eigenvalue weighted by atomic mass is 32.2. The summed E-state index contributed by atoms with van der Waals surface area (Å²) in [6, 6.07) is 38.2. The monoisotopic (exact) mass is 558 g/mol. The summed E-state index contributed by atoms with van der Waals surface area (Å²) in [7, 11) is 0. The topological polar surface area (TPSA) is 88.4 Å². The van der Waals surface area contributed by atoms with Crippen LogP contribution in [0.4, 0.5) is 5.69 Å². The third-order valence-electron chi connectivity index (χ3n) is 6.08. The Morgan fingerprint density at radius 3 is 1.95 bits per heavy atom. The maximum Gasteiger partial charge on any atom is 0.272 e. The first-order valence-electron chi connectivity index (χ1n) is 12.9. The molecular formula is C34H26N2O4S. The van der Waals surface area contributed by atoms with Gasteiger partial charge >= 0.3 is 0 Å². The highest BCUT2D eigenvalue weighted by molar-refractivity contribution is 8.00. The Hall–Kier alpha value is -5.14. The number of hydrogen-bond acceptors (Lipinski definition) is 5. The maximum absolute atomic E-state index is 13.3. The number of Topliss-reactive ketones (excluding diaryl/α,β-unsaturated/α-hetero) is 1. The molecule has 0 spiro atoms. The molecule has 41 heavy (non-hydrogen) atoms. The molecule has 2 N–H and O–H groups in total. The largest absolute Gasteiger partial charge is 0.457 e. The van der Waals surface area contributed by atoms with E-state index in [2.05, 4.69) is 10.6 Å². The number of carbonyl (C=O) groups excluding carboxylic acids is 3. The lowest BCUT2D eigenvalue weighted by molar-refractivity contribution is -0.113. The van der Waals surface area contributed by atoms with E-state index in [1.165, 1.54) is 17.8 Å². The van der Waals surface area contributed by atoms with Crippen molar-refractivity contribution < 1.29 is 18.8 Å². The zero-order chi connectivity index (χ0) is 28.4. The molecule has 0 atom stereocenters. The number of ketones is 1. The number of benzene rings is 4. The van der Waals surface area contributed by atoms with Crippen molar-refractivity contribution >= 4 is 41.1 Å². The van der Waals surface area contributed by atoms with Crippen LogP contribution in [0, 0.1) is 0 Å². The standard InChI is InChI=1S/C34H26N2O4S/c37-31(24-10-4-1-5-11-24)23-41-29-19-16-27(17-20-29)35-34(39)30(36-33(38)26-14-8-3-9-15-26)22-28-18-21-32(40-28)25-12-6-2-7-13-25/h1-22H,23H2,(H,35,39)(H,36,38). The van der Waals surface area contributed by atoms with Crippen LogP contribution in [0.1, 0.15) is 26.5 Å². The molecule has 202 valence electrons. The SMILES string of the molecule is O=C(Nc1ccc(SCC(=O)c2ccccc2)cc1)C(=Cc1ccc(-c2ccccc2)o1)NC(=O)c1ccccc1. The molecule has 0 aliphatic carbocycles. The number of carbonyl (C=O) groups is 3. The van der Waals surface area contributed by atoms with E-state index in [0.717, 1.165) is 10.5 Å². The minimum Gasteiger partial charge on any atom is -0.457 e. The highest BCUT2D eigenvalue weighted by Crippen LogP contribution is 2.24. The number of rotatable bonds is 10. The number of amides is 2. The smallest absolute Gasteiger partial charge is 0.272 e. The van der Waals surface area contributed by atoms with Gasteiger partial charge in [-0.05, 0) is 48.5 Å². The predicted molar refractivity (Wildman–Crippen MR) is 163 cm³/mol. The third kappa shape index (κ3) is 7.50. The lowest BCUT2D eigenvalue weighted by Gasteiger charge is -2.11. The first kappa shape index (κ1) is 27.4. The van der Waals surface area contributed by atoms with Gasteiger partial charge in [-0.1, -0.05) is 78.9 Å². The van der Waals surface area contributed by atoms with Crippen LogP contribution in [-0.2, 0) is 4.79 Å². The van der Waals surface area contributed by atoms with Crippen LogP contribution in [0.2, 0.25) is 0 Å². The van der Waals surface area contributed by atoms with Crippen LogP contribution in [0.5, 0.6) is 0 Å². The number of anilines is 1. The van der Waals surface area contributed by atoms with Crippen molar-refractivity contribution in [2.45, 2.75) is 4.90 Å². The number of thioether (sulfide) groups is 1. The molecule has 7 heteroatoms. The molecule has 5 rings (SSSR count). The molecule has 5 aromatic rings. The summed E-state index contributed by atoms with van der Waals surface area (Å²) in [6.45, 7) is 0. The fraction of sp³-hybridized carbons (Fsp3) is 0.0294. The molecule has 0 aliphatic heterocycles. The summed E-state index contributed by atoms with van der Waals surface area (Å²) in [5.41, 5.74) is 2.56. The molecule has 2 amide bonds. The van der Waals surface area contributed by atoms with Gasteiger partial charge in [0.25, 0.3) is 11.8 Å². The molecule has 0 aliphatic rings. The van der Waals surface area contributed by atoms with E-state index < -0.39 is 11.8 Å². The minimum absolute atomic E-state index is 0.0275. The van der Waals surface area contributed by atoms with E-state index in [1.54, 1.807) is 54.6 Å². The second kappa shape index (κ2) is 13.3. The fourth-order valence-electron chi connectivity index (χ4n) is 3.96. The summed E-state index contributed by atoms with van der Waals surface area (Å²) in [5.74, 6) is 0.484. The van der Waals surface area contributed by atoms with Gasteiger partial charge in [-0.25, -0.2) is 0 Å². The van der Waals surface area contributed by atoms with Crippen LogP contribution < -0.4 is 10.6 Å². The van der Waals surface area contributed by atoms with Crippen molar-refractivity contribution in [1.29, 1.82) is 0 Å². The molecule has 6 nitrogen and oxygen atoms in total. The molecule has 0 saturated carbocycles. The Labute approximate surface area is 242 Å². The van der Waals surface area contributed by atoms with Crippen LogP contribution in [0.3, 0.4) is 0 Å². The average molecular weight is 559 g/mol. The van der Waals surface area contributed by atoms with E-state index in [1.807, 2.05) is 72.8 Å². The van der Waals surface area contributed by atoms with Gasteiger partial charge in [-0.15, -0.1) is 11.8 Å². The van der Waals surface area contributed by atoms with E-state index in [0.29, 0.717) is 34.1 Å². The maximum atomic E-state index is 13.3. The van der Waals surface area contributed by atoms with Gasteiger partial charge in [0.2, 0.25) is 0 Å². The Kier molecular flexibility index (Phi) is 8.88. The van der Waals surface area contributed by atoms with Gasteiger partial charge in [-0.3, -0.25) is 14.4 Å². The molecule has 0 bridgehead atoms. The van der Waals surface area contributed by atoms with Crippen LogP contribution >= 0.6 is 11.8 Å². The fourth-order valence-corrected chi connectivity index (χ4v) is 4.75. The van der Waals surface area contributed by atoms with Crippen molar-refractivity contribution in [3.8, 4) is 11.3 Å². The van der Waals surface area contributed by atoms with Crippen LogP contribution in [0.15, 0.2) is 142 Å². The Morgan fingerprint density at radius 2 is 1.29 bits per heavy atom. The molecule has 0 saturated heterocycles. The van der Waals surface area contributed by atoms with Gasteiger partial charge < -0.3 is 15.1 Å². The quantitative estimate of drug-likeness (QED) is 0.106. The second-order valence-electron chi connectivity index (χ2n) is 9.00. The third-order valence-corrected chi connectivity index (χ3v) is 7.09. The zero-order valence-corrected chi connectivity index (χ0v) is 22.8. The van der Waals surface area contributed by atoms with E-state index in [-0.39, 0.29) is 11.5 Å². The Morgan fingerprint density at radius 1 is 0.683 bits per heavy atom. The van der Waals surface area contributed by atoms with Gasteiger partial charge in [0.05, 0.1) is 5.75 Å². The lowest BCUT2D eigenvalue weighted by Crippen LogP contribution is -2.30. The van der Waals surface area contributed by atoms with E-state index in [4.69, 9.17) is 4.42 Å². The number of hydrogen-bond donors (Lipinski definition) is 2. The first-order chi connectivity index (χ1) is 20.0. The van der Waals surface area contributed by atoms with E-state index >= 15 is 0 Å². The summed E-state index contributed by atoms with van der Waals surface area (Å²) < 4.78 is 5.94. The molecule has 0 fully saturated rings. The summed E-state index contributed by atoms with van der Waals surface area (Å²) in [6.07, 6.45) is 1.50. The molecule has 0 unspecified atom stereocenters. The van der Waals surface area contributed by atoms with Crippen LogP contribution in [0.25, 0.3) is 17.4 Å². The minimum atomic E-state index is -0.508. The van der Waals surface area contributed by atoms with Crippen molar-refractivity contribution in [1.82, 2.24) is 5.32 Å². The van der Waals surface area contributed by atoms with Crippen molar-refractivity contribution in [3.05, 3.63) is 150 Å². The van der Waals surface area contributed by atoms with E-state index in [9.17, 15) is 14.4 Å². The molecule has 4 aromatic carbocycles. The van der Waals surface area contributed by atoms with Gasteiger partial charge in [-0.2, -0.15) is 0 Å². The summed E-state index contributed by atoms with van der Waals surface area (Å²) >= 11 is 1.42. The highest BCUT2D eigenvalue weighted by Gasteiger charge is 2.16. The average Bonchev–Trinajstić information content (AvgIpc) is 3.50. The van der Waals surface area contributed by atoms with Crippen molar-refractivity contribution in [2.24, 2.45) is 0 Å². The molecular weight excluding hydrogens is 532 g/mol. The second-order valence-corrected chi connectivity index (χ2v) is 10.1. The Bertz CT molecular complexity index is 1660. The van der Waals surface area contributed by atoms with Gasteiger partial charge in [0, 0.05) is 33.3 Å². The summed E-state index contributed by atoms with van der Waals surface area (Å²) in [4.78, 5) is 39.5. The van der Waals surface area contributed by atoms with Crippen molar-refractivity contribution in [3.63, 3.8) is 0 Å². The number of furan rings is 1. The lowest BCUT2D eigenvalue weighted by atomic mass is 10.2. The summed E-state index contributed by atoms with van der Waals surface area (Å²) in [5, 5.41) is 5.55. The van der Waals surface area contributed by atoms with Gasteiger partial charge in [0.1, 0.15) is 17.2 Å². The predicted octanol–water partition coefficient (Wildman–Crippen LogP) is 7.33. The van der Waals surface area contributed by atoms with Gasteiger partial charge in [0.15, 0.2) is 5.78 Å². The Balaban J connectivity index is 1.30. The molecule has 1 heterocycles.